The van der Waals surface area contributed by atoms with Gasteiger partial charge in [0.15, 0.2) is 11.5 Å². The molecule has 0 radical (unpaired) electrons. The molecule has 1 heterocycles. The number of benzene rings is 2. The topological polar surface area (TPSA) is 69.7 Å². The molecule has 0 aliphatic carbocycles. The first-order chi connectivity index (χ1) is 13.6. The molecule has 1 aromatic heterocycles. The molecule has 146 valence electrons. The molecule has 2 aromatic carbocycles. The fraction of sp³-hybridized carbons (Fsp3) is 0.200. The van der Waals surface area contributed by atoms with Crippen LogP contribution in [0.4, 0.5) is 4.39 Å². The molecule has 1 N–H and O–H groups in total. The Labute approximate surface area is 165 Å². The zero-order valence-electron chi connectivity index (χ0n) is 15.4. The van der Waals surface area contributed by atoms with E-state index in [1.807, 2.05) is 12.1 Å². The Morgan fingerprint density at radius 1 is 1.11 bits per heavy atom. The van der Waals surface area contributed by atoms with Crippen molar-refractivity contribution < 1.29 is 23.4 Å². The van der Waals surface area contributed by atoms with Crippen LogP contribution in [-0.4, -0.2) is 25.1 Å². The summed E-state index contributed by atoms with van der Waals surface area (Å²) in [7, 11) is 3.13. The quantitative estimate of drug-likeness (QED) is 0.621. The highest BCUT2D eigenvalue weighted by Crippen LogP contribution is 2.27. The van der Waals surface area contributed by atoms with Crippen molar-refractivity contribution in [2.45, 2.75) is 13.2 Å². The van der Waals surface area contributed by atoms with Crippen LogP contribution in [-0.2, 0) is 13.2 Å². The van der Waals surface area contributed by atoms with Gasteiger partial charge >= 0.3 is 0 Å². The van der Waals surface area contributed by atoms with Crippen molar-refractivity contribution in [3.63, 3.8) is 0 Å². The molecule has 0 aliphatic heterocycles. The van der Waals surface area contributed by atoms with Crippen LogP contribution >= 0.6 is 11.3 Å². The van der Waals surface area contributed by atoms with Crippen molar-refractivity contribution in [2.24, 2.45) is 0 Å². The molecular formula is C20H19FN2O4S. The van der Waals surface area contributed by atoms with Gasteiger partial charge in [-0.1, -0.05) is 6.07 Å². The maximum Gasteiger partial charge on any atom is 0.271 e. The second-order valence-corrected chi connectivity index (χ2v) is 6.68. The number of rotatable bonds is 8. The highest BCUT2D eigenvalue weighted by Gasteiger charge is 2.12. The number of methoxy groups -OCH3 is 2. The first kappa shape index (κ1) is 19.6. The summed E-state index contributed by atoms with van der Waals surface area (Å²) in [5.41, 5.74) is 1.20. The van der Waals surface area contributed by atoms with E-state index in [0.717, 1.165) is 5.56 Å². The average Bonchev–Trinajstić information content (AvgIpc) is 3.20. The van der Waals surface area contributed by atoms with Crippen molar-refractivity contribution in [2.75, 3.05) is 14.2 Å². The lowest BCUT2D eigenvalue weighted by Gasteiger charge is -2.10. The Hall–Kier alpha value is -3.13. The minimum atomic E-state index is -0.324. The largest absolute Gasteiger partial charge is 0.493 e. The highest BCUT2D eigenvalue weighted by atomic mass is 32.1. The number of ether oxygens (including phenoxy) is 3. The van der Waals surface area contributed by atoms with Crippen molar-refractivity contribution in [3.05, 3.63) is 69.9 Å². The lowest BCUT2D eigenvalue weighted by atomic mass is 10.2. The van der Waals surface area contributed by atoms with E-state index in [9.17, 15) is 9.18 Å². The fourth-order valence-corrected chi connectivity index (χ4v) is 3.11. The normalized spacial score (nSPS) is 10.4. The van der Waals surface area contributed by atoms with Gasteiger partial charge in [-0.25, -0.2) is 9.37 Å². The van der Waals surface area contributed by atoms with Crippen molar-refractivity contribution in [3.8, 4) is 17.2 Å². The summed E-state index contributed by atoms with van der Waals surface area (Å²) < 4.78 is 28.9. The molecule has 0 fully saturated rings. The maximum absolute atomic E-state index is 12.9. The Kier molecular flexibility index (Phi) is 6.44. The third kappa shape index (κ3) is 4.98. The van der Waals surface area contributed by atoms with Crippen LogP contribution in [0.15, 0.2) is 47.8 Å². The number of hydrogen-bond acceptors (Lipinski definition) is 6. The number of nitrogens with zero attached hydrogens (tertiary/aromatic N) is 1. The van der Waals surface area contributed by atoms with Gasteiger partial charge in [-0.15, -0.1) is 11.3 Å². The average molecular weight is 402 g/mol. The predicted molar refractivity (Wildman–Crippen MR) is 104 cm³/mol. The van der Waals surface area contributed by atoms with Gasteiger partial charge in [-0.05, 0) is 42.0 Å². The Morgan fingerprint density at radius 2 is 1.86 bits per heavy atom. The molecule has 0 saturated carbocycles. The molecular weight excluding hydrogens is 383 g/mol. The number of halogens is 1. The second-order valence-electron chi connectivity index (χ2n) is 5.74. The fourth-order valence-electron chi connectivity index (χ4n) is 2.42. The standard InChI is InChI=1S/C20H19FN2O4S/c1-25-17-8-3-13(9-18(17)26-2)10-22-20(24)16-12-28-19(23-16)11-27-15-6-4-14(21)5-7-15/h3-9,12H,10-11H2,1-2H3,(H,22,24). The third-order valence-electron chi connectivity index (χ3n) is 3.86. The lowest BCUT2D eigenvalue weighted by Crippen LogP contribution is -2.23. The first-order valence-corrected chi connectivity index (χ1v) is 9.29. The Morgan fingerprint density at radius 3 is 2.57 bits per heavy atom. The number of nitrogens with one attached hydrogen (secondary N) is 1. The summed E-state index contributed by atoms with van der Waals surface area (Å²) in [6.45, 7) is 0.539. The van der Waals surface area contributed by atoms with Crippen LogP contribution in [0.5, 0.6) is 17.2 Å². The Balaban J connectivity index is 1.54. The van der Waals surface area contributed by atoms with E-state index < -0.39 is 0 Å². The van der Waals surface area contributed by atoms with Gasteiger partial charge in [0.05, 0.1) is 14.2 Å². The predicted octanol–water partition coefficient (Wildman–Crippen LogP) is 3.81. The molecule has 0 bridgehead atoms. The van der Waals surface area contributed by atoms with Gasteiger partial charge in [-0.3, -0.25) is 4.79 Å². The molecule has 8 heteroatoms. The molecule has 0 unspecified atom stereocenters. The van der Waals surface area contributed by atoms with E-state index in [-0.39, 0.29) is 18.3 Å². The molecule has 0 spiro atoms. The van der Waals surface area contributed by atoms with Crippen LogP contribution in [0.3, 0.4) is 0 Å². The summed E-state index contributed by atoms with van der Waals surface area (Å²) in [6, 6.07) is 11.2. The van der Waals surface area contributed by atoms with Gasteiger partial charge in [0.2, 0.25) is 0 Å². The van der Waals surface area contributed by atoms with Gasteiger partial charge in [0, 0.05) is 11.9 Å². The molecule has 6 nitrogen and oxygen atoms in total. The van der Waals surface area contributed by atoms with E-state index in [1.54, 1.807) is 37.8 Å². The molecule has 28 heavy (non-hydrogen) atoms. The van der Waals surface area contributed by atoms with E-state index in [4.69, 9.17) is 14.2 Å². The number of hydrogen-bond donors (Lipinski definition) is 1. The van der Waals surface area contributed by atoms with Gasteiger partial charge in [0.25, 0.3) is 5.91 Å². The highest BCUT2D eigenvalue weighted by molar-refractivity contribution is 7.09. The zero-order chi connectivity index (χ0) is 19.9. The van der Waals surface area contributed by atoms with Crippen LogP contribution in [0.2, 0.25) is 0 Å². The molecule has 0 atom stereocenters. The van der Waals surface area contributed by atoms with Gasteiger partial charge < -0.3 is 19.5 Å². The second kappa shape index (κ2) is 9.18. The third-order valence-corrected chi connectivity index (χ3v) is 4.68. The van der Waals surface area contributed by atoms with Crippen LogP contribution in [0.1, 0.15) is 21.1 Å². The van der Waals surface area contributed by atoms with Crippen LogP contribution < -0.4 is 19.5 Å². The molecule has 3 rings (SSSR count). The van der Waals surface area contributed by atoms with E-state index >= 15 is 0 Å². The monoisotopic (exact) mass is 402 g/mol. The summed E-state index contributed by atoms with van der Waals surface area (Å²) in [4.78, 5) is 16.6. The number of carbonyl (C=O) groups is 1. The SMILES string of the molecule is COc1ccc(CNC(=O)c2csc(COc3ccc(F)cc3)n2)cc1OC. The van der Waals surface area contributed by atoms with Crippen LogP contribution in [0, 0.1) is 5.82 Å². The van der Waals surface area contributed by atoms with Gasteiger partial charge in [0.1, 0.15) is 28.9 Å². The first-order valence-electron chi connectivity index (χ1n) is 8.41. The zero-order valence-corrected chi connectivity index (χ0v) is 16.2. The molecule has 0 saturated heterocycles. The molecule has 3 aromatic rings. The van der Waals surface area contributed by atoms with E-state index in [2.05, 4.69) is 10.3 Å². The van der Waals surface area contributed by atoms with Crippen molar-refractivity contribution >= 4 is 17.2 Å². The van der Waals surface area contributed by atoms with Crippen molar-refractivity contribution in [1.29, 1.82) is 0 Å². The summed E-state index contributed by atoms with van der Waals surface area (Å²) >= 11 is 1.33. The summed E-state index contributed by atoms with van der Waals surface area (Å²) in [6.07, 6.45) is 0. The van der Waals surface area contributed by atoms with Crippen LogP contribution in [0.25, 0.3) is 0 Å². The molecule has 0 aliphatic rings. The number of carbonyl (C=O) groups excluding carboxylic acids is 1. The Bertz CT molecular complexity index is 944. The molecule has 1 amide bonds. The minimum absolute atomic E-state index is 0.208. The lowest BCUT2D eigenvalue weighted by molar-refractivity contribution is 0.0946. The summed E-state index contributed by atoms with van der Waals surface area (Å²) in [5, 5.41) is 5.15. The maximum atomic E-state index is 12.9. The van der Waals surface area contributed by atoms with Crippen molar-refractivity contribution in [1.82, 2.24) is 10.3 Å². The smallest absolute Gasteiger partial charge is 0.271 e. The van der Waals surface area contributed by atoms with E-state index in [0.29, 0.717) is 34.5 Å². The number of thiazole rings is 1. The summed E-state index contributed by atoms with van der Waals surface area (Å²) in [5.74, 6) is 1.16. The minimum Gasteiger partial charge on any atom is -0.493 e. The number of aromatic nitrogens is 1. The van der Waals surface area contributed by atoms with Gasteiger partial charge in [-0.2, -0.15) is 0 Å². The van der Waals surface area contributed by atoms with E-state index in [1.165, 1.54) is 23.5 Å². The number of amides is 1.